The summed E-state index contributed by atoms with van der Waals surface area (Å²) in [4.78, 5) is 8.87. The van der Waals surface area contributed by atoms with E-state index in [-0.39, 0.29) is 11.3 Å². The standard InChI is InChI=1S/C18H32N4O4S/c1-20(6-4-7-21-8-11-25-12-9-21)14-16-13-19-18(27(2,23)24)22(16)15-17-5-3-10-26-17/h13,17H,3-12,14-15H2,1-2H3. The Hall–Kier alpha value is -1.00. The van der Waals surface area contributed by atoms with Crippen molar-refractivity contribution in [2.24, 2.45) is 0 Å². The van der Waals surface area contributed by atoms with Gasteiger partial charge >= 0.3 is 0 Å². The summed E-state index contributed by atoms with van der Waals surface area (Å²) < 4.78 is 37.2. The summed E-state index contributed by atoms with van der Waals surface area (Å²) in [5.41, 5.74) is 0.930. The second-order valence-electron chi connectivity index (χ2n) is 7.60. The van der Waals surface area contributed by atoms with E-state index >= 15 is 0 Å². The summed E-state index contributed by atoms with van der Waals surface area (Å²) in [6.45, 7) is 7.68. The lowest BCUT2D eigenvalue weighted by molar-refractivity contribution is 0.0363. The Morgan fingerprint density at radius 1 is 1.30 bits per heavy atom. The number of rotatable bonds is 9. The number of morpholine rings is 1. The van der Waals surface area contributed by atoms with Crippen LogP contribution in [-0.2, 0) is 32.4 Å². The van der Waals surface area contributed by atoms with E-state index in [1.807, 2.05) is 4.57 Å². The summed E-state index contributed by atoms with van der Waals surface area (Å²) >= 11 is 0. The maximum absolute atomic E-state index is 12.1. The van der Waals surface area contributed by atoms with Crippen LogP contribution in [0.5, 0.6) is 0 Å². The number of nitrogens with zero attached hydrogens (tertiary/aromatic N) is 4. The lowest BCUT2D eigenvalue weighted by Gasteiger charge is -2.27. The third kappa shape index (κ3) is 5.99. The SMILES string of the molecule is CN(CCCN1CCOCC1)Cc1cnc(S(C)(=O)=O)n1CC1CCCO1. The smallest absolute Gasteiger partial charge is 0.227 e. The topological polar surface area (TPSA) is 76.9 Å². The molecule has 1 unspecified atom stereocenters. The van der Waals surface area contributed by atoms with Crippen LogP contribution in [0.2, 0.25) is 0 Å². The molecule has 3 rings (SSSR count). The highest BCUT2D eigenvalue weighted by Crippen LogP contribution is 2.19. The van der Waals surface area contributed by atoms with Crippen LogP contribution < -0.4 is 0 Å². The molecule has 154 valence electrons. The van der Waals surface area contributed by atoms with Gasteiger partial charge in [-0.05, 0) is 39.4 Å². The summed E-state index contributed by atoms with van der Waals surface area (Å²) in [5.74, 6) is 0. The van der Waals surface area contributed by atoms with Crippen LogP contribution in [0.4, 0.5) is 0 Å². The Morgan fingerprint density at radius 3 is 2.74 bits per heavy atom. The van der Waals surface area contributed by atoms with Gasteiger partial charge in [0.15, 0.2) is 0 Å². The summed E-state index contributed by atoms with van der Waals surface area (Å²) in [6.07, 6.45) is 6.07. The van der Waals surface area contributed by atoms with Gasteiger partial charge < -0.3 is 18.9 Å². The molecule has 0 N–H and O–H groups in total. The van der Waals surface area contributed by atoms with Gasteiger partial charge in [-0.2, -0.15) is 0 Å². The highest BCUT2D eigenvalue weighted by atomic mass is 32.2. The average Bonchev–Trinajstić information content (AvgIpc) is 3.26. The van der Waals surface area contributed by atoms with Gasteiger partial charge in [0, 0.05) is 32.5 Å². The van der Waals surface area contributed by atoms with Gasteiger partial charge in [-0.3, -0.25) is 4.90 Å². The Labute approximate surface area is 162 Å². The third-order valence-corrected chi connectivity index (χ3v) is 6.18. The van der Waals surface area contributed by atoms with Crippen molar-refractivity contribution in [3.05, 3.63) is 11.9 Å². The van der Waals surface area contributed by atoms with Crippen molar-refractivity contribution in [3.8, 4) is 0 Å². The summed E-state index contributed by atoms with van der Waals surface area (Å²) in [7, 11) is -1.29. The normalized spacial score (nSPS) is 22.0. The van der Waals surface area contributed by atoms with Gasteiger partial charge in [-0.15, -0.1) is 0 Å². The Kier molecular flexibility index (Phi) is 7.27. The molecule has 2 fully saturated rings. The predicted molar refractivity (Wildman–Crippen MR) is 103 cm³/mol. The molecule has 1 atom stereocenters. The summed E-state index contributed by atoms with van der Waals surface area (Å²) in [5, 5.41) is 0.148. The molecule has 0 bridgehead atoms. The van der Waals surface area contributed by atoms with Gasteiger partial charge in [0.2, 0.25) is 15.0 Å². The first-order chi connectivity index (χ1) is 12.9. The van der Waals surface area contributed by atoms with Gasteiger partial charge in [-0.1, -0.05) is 0 Å². The minimum absolute atomic E-state index is 0.0741. The molecule has 2 aliphatic rings. The van der Waals surface area contributed by atoms with E-state index in [9.17, 15) is 8.42 Å². The minimum atomic E-state index is -3.36. The van der Waals surface area contributed by atoms with Crippen molar-refractivity contribution >= 4 is 9.84 Å². The number of hydrogen-bond donors (Lipinski definition) is 0. The maximum Gasteiger partial charge on any atom is 0.227 e. The fraction of sp³-hybridized carbons (Fsp3) is 0.833. The molecule has 0 saturated carbocycles. The van der Waals surface area contributed by atoms with Gasteiger partial charge in [-0.25, -0.2) is 13.4 Å². The summed E-state index contributed by atoms with van der Waals surface area (Å²) in [6, 6.07) is 0. The predicted octanol–water partition coefficient (Wildman–Crippen LogP) is 0.620. The molecule has 8 nitrogen and oxygen atoms in total. The number of hydrogen-bond acceptors (Lipinski definition) is 7. The molecule has 1 aromatic heterocycles. The van der Waals surface area contributed by atoms with Crippen LogP contribution >= 0.6 is 0 Å². The first-order valence-corrected chi connectivity index (χ1v) is 11.7. The fourth-order valence-corrected chi connectivity index (χ4v) is 4.58. The molecule has 3 heterocycles. The Bertz CT molecular complexity index is 694. The van der Waals surface area contributed by atoms with Crippen molar-refractivity contribution in [3.63, 3.8) is 0 Å². The molecule has 0 aliphatic carbocycles. The fourth-order valence-electron chi connectivity index (χ4n) is 3.75. The number of sulfone groups is 1. The van der Waals surface area contributed by atoms with Crippen molar-refractivity contribution < 1.29 is 17.9 Å². The van der Waals surface area contributed by atoms with Crippen LogP contribution in [0.3, 0.4) is 0 Å². The Balaban J connectivity index is 1.58. The van der Waals surface area contributed by atoms with Crippen molar-refractivity contribution in [2.75, 3.05) is 59.3 Å². The lowest BCUT2D eigenvalue weighted by atomic mass is 10.2. The van der Waals surface area contributed by atoms with Crippen molar-refractivity contribution in [2.45, 2.75) is 43.6 Å². The third-order valence-electron chi connectivity index (χ3n) is 5.19. The van der Waals surface area contributed by atoms with E-state index < -0.39 is 9.84 Å². The molecule has 1 aromatic rings. The highest BCUT2D eigenvalue weighted by molar-refractivity contribution is 7.90. The molecule has 0 radical (unpaired) electrons. The van der Waals surface area contributed by atoms with Crippen LogP contribution in [0.15, 0.2) is 11.4 Å². The highest BCUT2D eigenvalue weighted by Gasteiger charge is 2.24. The number of ether oxygens (including phenoxy) is 2. The molecular weight excluding hydrogens is 368 g/mol. The molecule has 2 saturated heterocycles. The van der Waals surface area contributed by atoms with E-state index in [4.69, 9.17) is 9.47 Å². The number of imidazole rings is 1. The van der Waals surface area contributed by atoms with Crippen molar-refractivity contribution in [1.82, 2.24) is 19.4 Å². The monoisotopic (exact) mass is 400 g/mol. The molecule has 27 heavy (non-hydrogen) atoms. The second-order valence-corrected chi connectivity index (χ2v) is 9.50. The Morgan fingerprint density at radius 2 is 2.07 bits per heavy atom. The minimum Gasteiger partial charge on any atom is -0.379 e. The van der Waals surface area contributed by atoms with Crippen LogP contribution in [0.1, 0.15) is 25.0 Å². The van der Waals surface area contributed by atoms with Crippen LogP contribution in [-0.4, -0.2) is 93.2 Å². The van der Waals surface area contributed by atoms with Gasteiger partial charge in [0.25, 0.3) is 0 Å². The van der Waals surface area contributed by atoms with E-state index in [0.29, 0.717) is 13.1 Å². The average molecular weight is 401 g/mol. The van der Waals surface area contributed by atoms with Gasteiger partial charge in [0.1, 0.15) is 0 Å². The lowest BCUT2D eigenvalue weighted by Crippen LogP contribution is -2.37. The first-order valence-electron chi connectivity index (χ1n) is 9.78. The van der Waals surface area contributed by atoms with Crippen molar-refractivity contribution in [1.29, 1.82) is 0 Å². The quantitative estimate of drug-likeness (QED) is 0.601. The van der Waals surface area contributed by atoms with E-state index in [0.717, 1.165) is 71.0 Å². The largest absolute Gasteiger partial charge is 0.379 e. The molecular formula is C18H32N4O4S. The second kappa shape index (κ2) is 9.47. The first kappa shape index (κ1) is 20.7. The number of aromatic nitrogens is 2. The zero-order valence-corrected chi connectivity index (χ0v) is 17.3. The maximum atomic E-state index is 12.1. The van der Waals surface area contributed by atoms with Crippen LogP contribution in [0.25, 0.3) is 0 Å². The van der Waals surface area contributed by atoms with E-state index in [1.165, 1.54) is 6.26 Å². The molecule has 9 heteroatoms. The van der Waals surface area contributed by atoms with Gasteiger partial charge in [0.05, 0.1) is 37.8 Å². The zero-order valence-electron chi connectivity index (χ0n) is 16.5. The van der Waals surface area contributed by atoms with E-state index in [1.54, 1.807) is 6.20 Å². The molecule has 0 aromatic carbocycles. The molecule has 2 aliphatic heterocycles. The molecule has 0 spiro atoms. The van der Waals surface area contributed by atoms with E-state index in [2.05, 4.69) is 21.8 Å². The van der Waals surface area contributed by atoms with Crippen LogP contribution in [0, 0.1) is 0 Å². The molecule has 0 amide bonds. The zero-order chi connectivity index (χ0) is 19.3.